The van der Waals surface area contributed by atoms with Gasteiger partial charge in [-0.25, -0.2) is 8.42 Å². The first-order valence-electron chi connectivity index (χ1n) is 9.07. The van der Waals surface area contributed by atoms with Gasteiger partial charge in [-0.15, -0.1) is 0 Å². The fourth-order valence-corrected chi connectivity index (χ4v) is 3.95. The van der Waals surface area contributed by atoms with Crippen LogP contribution >= 0.6 is 0 Å². The summed E-state index contributed by atoms with van der Waals surface area (Å²) in [5, 5.41) is 2.81. The lowest BCUT2D eigenvalue weighted by Crippen LogP contribution is -2.31. The molecule has 1 aliphatic rings. The molecule has 8 heteroatoms. The highest BCUT2D eigenvalue weighted by Crippen LogP contribution is 2.32. The molecular weight excluding hydrogens is 380 g/mol. The molecule has 2 aromatic rings. The topological polar surface area (TPSA) is 84.9 Å². The average molecular weight is 404 g/mol. The van der Waals surface area contributed by atoms with Crippen molar-refractivity contribution in [1.29, 1.82) is 0 Å². The Morgan fingerprint density at radius 3 is 2.57 bits per heavy atom. The van der Waals surface area contributed by atoms with Crippen molar-refractivity contribution in [3.8, 4) is 11.5 Å². The molecule has 0 atom stereocenters. The van der Waals surface area contributed by atoms with E-state index in [9.17, 15) is 13.2 Å². The number of nitrogens with zero attached hydrogens (tertiary/aromatic N) is 1. The Morgan fingerprint density at radius 2 is 1.86 bits per heavy atom. The lowest BCUT2D eigenvalue weighted by Gasteiger charge is -2.22. The summed E-state index contributed by atoms with van der Waals surface area (Å²) in [7, 11) is -3.43. The van der Waals surface area contributed by atoms with Crippen LogP contribution in [0, 0.1) is 6.92 Å². The van der Waals surface area contributed by atoms with Crippen molar-refractivity contribution in [2.45, 2.75) is 19.8 Å². The van der Waals surface area contributed by atoms with Gasteiger partial charge in [0, 0.05) is 24.7 Å². The Hall–Kier alpha value is -2.74. The number of nitrogens with one attached hydrogen (secondary N) is 1. The van der Waals surface area contributed by atoms with Crippen LogP contribution in [0.25, 0.3) is 0 Å². The van der Waals surface area contributed by atoms with E-state index < -0.39 is 10.0 Å². The number of carbonyl (C=O) groups is 1. The fourth-order valence-electron chi connectivity index (χ4n) is 3.00. The van der Waals surface area contributed by atoms with Crippen LogP contribution in [0.1, 0.15) is 18.4 Å². The number of benzene rings is 2. The number of amides is 1. The van der Waals surface area contributed by atoms with Gasteiger partial charge in [0.1, 0.15) is 13.2 Å². The Balaban J connectivity index is 1.57. The summed E-state index contributed by atoms with van der Waals surface area (Å²) in [6.07, 6.45) is 1.77. The van der Waals surface area contributed by atoms with Crippen LogP contribution in [-0.4, -0.2) is 40.3 Å². The summed E-state index contributed by atoms with van der Waals surface area (Å²) in [6, 6.07) is 12.5. The zero-order chi connectivity index (χ0) is 20.1. The minimum atomic E-state index is -3.43. The third-order valence-electron chi connectivity index (χ3n) is 4.28. The van der Waals surface area contributed by atoms with E-state index in [4.69, 9.17) is 9.47 Å². The summed E-state index contributed by atoms with van der Waals surface area (Å²) in [6.45, 7) is 3.13. The predicted octanol–water partition coefficient (Wildman–Crippen LogP) is 2.95. The highest BCUT2D eigenvalue weighted by atomic mass is 32.2. The van der Waals surface area contributed by atoms with Crippen LogP contribution in [0.15, 0.2) is 42.5 Å². The maximum Gasteiger partial charge on any atom is 0.232 e. The summed E-state index contributed by atoms with van der Waals surface area (Å²) in [5.74, 6) is 1.08. The predicted molar refractivity (Wildman–Crippen MR) is 109 cm³/mol. The number of rotatable bonds is 7. The van der Waals surface area contributed by atoms with Gasteiger partial charge in [0.25, 0.3) is 0 Å². The largest absolute Gasteiger partial charge is 0.486 e. The van der Waals surface area contributed by atoms with E-state index in [1.165, 1.54) is 10.6 Å². The number of hydrogen-bond acceptors (Lipinski definition) is 5. The van der Waals surface area contributed by atoms with Crippen LogP contribution in [0.2, 0.25) is 0 Å². The third-order valence-corrected chi connectivity index (χ3v) is 5.48. The number of aryl methyl sites for hydroxylation is 1. The molecule has 0 bridgehead atoms. The zero-order valence-electron chi connectivity index (χ0n) is 16.0. The second-order valence-corrected chi connectivity index (χ2v) is 8.59. The molecule has 28 heavy (non-hydrogen) atoms. The number of hydrogen-bond donors (Lipinski definition) is 1. The zero-order valence-corrected chi connectivity index (χ0v) is 16.8. The molecule has 0 saturated heterocycles. The number of fused-ring (bicyclic) bond motifs is 1. The van der Waals surface area contributed by atoms with Crippen molar-refractivity contribution in [3.05, 3.63) is 48.0 Å². The van der Waals surface area contributed by atoms with Gasteiger partial charge >= 0.3 is 0 Å². The van der Waals surface area contributed by atoms with Crippen molar-refractivity contribution in [2.75, 3.05) is 35.6 Å². The van der Waals surface area contributed by atoms with Gasteiger partial charge in [0.2, 0.25) is 15.9 Å². The lowest BCUT2D eigenvalue weighted by molar-refractivity contribution is -0.116. The van der Waals surface area contributed by atoms with Crippen molar-refractivity contribution >= 4 is 27.3 Å². The molecular formula is C20H24N2O5S. The average Bonchev–Trinajstić information content (AvgIpc) is 2.64. The molecule has 0 aliphatic carbocycles. The minimum Gasteiger partial charge on any atom is -0.486 e. The third kappa shape index (κ3) is 5.16. The molecule has 0 saturated carbocycles. The summed E-state index contributed by atoms with van der Waals surface area (Å²) in [4.78, 5) is 12.3. The number of sulfonamides is 1. The Bertz CT molecular complexity index is 959. The van der Waals surface area contributed by atoms with Crippen LogP contribution in [0.5, 0.6) is 11.5 Å². The van der Waals surface area contributed by atoms with Crippen molar-refractivity contribution in [3.63, 3.8) is 0 Å². The normalized spacial score (nSPS) is 13.1. The molecule has 0 aromatic heterocycles. The van der Waals surface area contributed by atoms with Gasteiger partial charge < -0.3 is 14.8 Å². The Labute approximate surface area is 165 Å². The van der Waals surface area contributed by atoms with Crippen molar-refractivity contribution in [2.24, 2.45) is 0 Å². The molecule has 1 aliphatic heterocycles. The van der Waals surface area contributed by atoms with Crippen LogP contribution in [0.4, 0.5) is 11.4 Å². The summed E-state index contributed by atoms with van der Waals surface area (Å²) >= 11 is 0. The first-order chi connectivity index (χ1) is 13.3. The van der Waals surface area contributed by atoms with E-state index in [2.05, 4.69) is 5.32 Å². The molecule has 0 spiro atoms. The fraction of sp³-hybridized carbons (Fsp3) is 0.350. The number of carbonyl (C=O) groups excluding carboxylic acids is 1. The lowest BCUT2D eigenvalue weighted by atomic mass is 10.2. The molecule has 0 unspecified atom stereocenters. The quantitative estimate of drug-likeness (QED) is 0.767. The van der Waals surface area contributed by atoms with E-state index in [0.29, 0.717) is 42.5 Å². The first-order valence-corrected chi connectivity index (χ1v) is 10.9. The van der Waals surface area contributed by atoms with E-state index in [1.54, 1.807) is 24.3 Å². The summed E-state index contributed by atoms with van der Waals surface area (Å²) in [5.41, 5.74) is 2.20. The van der Waals surface area contributed by atoms with E-state index in [-0.39, 0.29) is 18.9 Å². The molecule has 1 amide bonds. The highest BCUT2D eigenvalue weighted by Gasteiger charge is 2.18. The van der Waals surface area contributed by atoms with Crippen LogP contribution in [-0.2, 0) is 14.8 Å². The first kappa shape index (κ1) is 20.0. The number of anilines is 2. The van der Waals surface area contributed by atoms with Gasteiger partial charge in [-0.05, 0) is 43.2 Å². The second-order valence-electron chi connectivity index (χ2n) is 6.68. The minimum absolute atomic E-state index is 0.186. The smallest absolute Gasteiger partial charge is 0.232 e. The van der Waals surface area contributed by atoms with E-state index in [1.807, 2.05) is 25.1 Å². The van der Waals surface area contributed by atoms with Crippen LogP contribution in [0.3, 0.4) is 0 Å². The molecule has 2 aromatic carbocycles. The number of ether oxygens (including phenoxy) is 2. The van der Waals surface area contributed by atoms with Crippen molar-refractivity contribution in [1.82, 2.24) is 0 Å². The molecule has 150 valence electrons. The van der Waals surface area contributed by atoms with E-state index >= 15 is 0 Å². The van der Waals surface area contributed by atoms with E-state index in [0.717, 1.165) is 5.56 Å². The monoisotopic (exact) mass is 404 g/mol. The SMILES string of the molecule is Cc1cccc(N(CCCC(=O)Nc2ccc3c(c2)OCCO3)S(C)(=O)=O)c1. The molecule has 0 radical (unpaired) electrons. The van der Waals surface area contributed by atoms with Gasteiger partial charge in [0.05, 0.1) is 11.9 Å². The van der Waals surface area contributed by atoms with Gasteiger partial charge in [-0.1, -0.05) is 12.1 Å². The van der Waals surface area contributed by atoms with Crippen LogP contribution < -0.4 is 19.1 Å². The highest BCUT2D eigenvalue weighted by molar-refractivity contribution is 7.92. The Morgan fingerprint density at radius 1 is 1.11 bits per heavy atom. The molecule has 1 heterocycles. The maximum absolute atomic E-state index is 12.3. The van der Waals surface area contributed by atoms with Gasteiger partial charge in [0.15, 0.2) is 11.5 Å². The molecule has 7 nitrogen and oxygen atoms in total. The maximum atomic E-state index is 12.3. The van der Waals surface area contributed by atoms with Crippen molar-refractivity contribution < 1.29 is 22.7 Å². The van der Waals surface area contributed by atoms with Gasteiger partial charge in [-0.3, -0.25) is 9.10 Å². The standard InChI is InChI=1S/C20H24N2O5S/c1-15-5-3-6-17(13-15)22(28(2,24)25)10-4-7-20(23)21-16-8-9-18-19(14-16)27-12-11-26-18/h3,5-6,8-9,13-14H,4,7,10-12H2,1-2H3,(H,21,23). The second kappa shape index (κ2) is 8.52. The van der Waals surface area contributed by atoms with Gasteiger partial charge in [-0.2, -0.15) is 0 Å². The molecule has 0 fully saturated rings. The Kier molecular flexibility index (Phi) is 6.08. The summed E-state index contributed by atoms with van der Waals surface area (Å²) < 4.78 is 36.6. The molecule has 3 rings (SSSR count). The molecule has 1 N–H and O–H groups in total.